The van der Waals surface area contributed by atoms with E-state index in [1.165, 1.54) is 24.3 Å². The number of fused-ring (bicyclic) bond motifs is 1. The minimum absolute atomic E-state index is 0.110. The van der Waals surface area contributed by atoms with Gasteiger partial charge in [-0.05, 0) is 48.9 Å². The van der Waals surface area contributed by atoms with Crippen LogP contribution in [-0.4, -0.2) is 46.8 Å². The van der Waals surface area contributed by atoms with Gasteiger partial charge < -0.3 is 15.1 Å². The average Bonchev–Trinajstić information content (AvgIpc) is 3.29. The minimum Gasteiger partial charge on any atom is -0.368 e. The Morgan fingerprint density at radius 3 is 2.30 bits per heavy atom. The molecule has 3 aromatic rings. The molecule has 0 radical (unpaired) electrons. The first-order chi connectivity index (χ1) is 17.5. The van der Waals surface area contributed by atoms with Crippen LogP contribution in [0.15, 0.2) is 59.8 Å². The lowest BCUT2D eigenvalue weighted by Crippen LogP contribution is -2.50. The van der Waals surface area contributed by atoms with Crippen molar-refractivity contribution in [1.29, 1.82) is 0 Å². The molecular weight excluding hydrogens is 533 g/mol. The number of amides is 1. The van der Waals surface area contributed by atoms with Crippen LogP contribution in [0.25, 0.3) is 0 Å². The summed E-state index contributed by atoms with van der Waals surface area (Å²) in [6.07, 6.45) is -4.66. The number of allylic oxidation sites excluding steroid dienone is 1. The summed E-state index contributed by atoms with van der Waals surface area (Å²) >= 11 is 12.3. The number of rotatable bonds is 3. The molecule has 2 aromatic carbocycles. The second-order valence-corrected chi connectivity index (χ2v) is 9.67. The van der Waals surface area contributed by atoms with E-state index in [2.05, 4.69) is 10.4 Å². The molecule has 1 saturated heterocycles. The van der Waals surface area contributed by atoms with Crippen molar-refractivity contribution >= 4 is 40.6 Å². The van der Waals surface area contributed by atoms with Crippen molar-refractivity contribution in [2.45, 2.75) is 19.1 Å². The molecule has 6 nitrogen and oxygen atoms in total. The summed E-state index contributed by atoms with van der Waals surface area (Å²) in [5, 5.41) is 7.22. The minimum atomic E-state index is -4.66. The molecule has 0 saturated carbocycles. The van der Waals surface area contributed by atoms with E-state index >= 15 is 0 Å². The van der Waals surface area contributed by atoms with E-state index in [1.807, 2.05) is 4.90 Å². The molecule has 0 spiro atoms. The Kier molecular flexibility index (Phi) is 6.57. The number of carbonyl (C=O) groups is 1. The number of halogens is 6. The fourth-order valence-electron chi connectivity index (χ4n) is 4.67. The Hall–Kier alpha value is -3.24. The van der Waals surface area contributed by atoms with Crippen LogP contribution in [0.5, 0.6) is 0 Å². The molecule has 0 bridgehead atoms. The third kappa shape index (κ3) is 4.87. The summed E-state index contributed by atoms with van der Waals surface area (Å²) in [4.78, 5) is 17.5. The highest BCUT2D eigenvalue weighted by atomic mass is 35.5. The van der Waals surface area contributed by atoms with E-state index in [-0.39, 0.29) is 33.2 Å². The molecule has 5 rings (SSSR count). The summed E-state index contributed by atoms with van der Waals surface area (Å²) in [7, 11) is 0. The molecule has 1 atom stereocenters. The molecule has 0 aliphatic carbocycles. The second kappa shape index (κ2) is 9.57. The number of nitrogens with zero attached hydrogens (tertiary/aromatic N) is 4. The van der Waals surface area contributed by atoms with E-state index in [0.29, 0.717) is 37.4 Å². The van der Waals surface area contributed by atoms with Crippen molar-refractivity contribution in [3.05, 3.63) is 86.9 Å². The van der Waals surface area contributed by atoms with Crippen LogP contribution in [0.4, 0.5) is 29.1 Å². The van der Waals surface area contributed by atoms with Crippen LogP contribution >= 0.6 is 23.2 Å². The molecule has 37 heavy (non-hydrogen) atoms. The first-order valence-corrected chi connectivity index (χ1v) is 12.2. The van der Waals surface area contributed by atoms with Gasteiger partial charge in [0.25, 0.3) is 5.91 Å². The van der Waals surface area contributed by atoms with Gasteiger partial charge >= 0.3 is 6.18 Å². The van der Waals surface area contributed by atoms with Gasteiger partial charge in [0.05, 0.1) is 15.6 Å². The largest absolute Gasteiger partial charge is 0.435 e. The standard InChI is InChI=1S/C25H21Cl2F4N5O/c1-14-22(24(37)35-10-8-34(9-11-35)17-5-3-16(28)4-6-17)23(15-2-7-18(26)19(27)12-15)36-21(32-14)13-20(33-36)25(29,30)31/h2-7,12-13,23,32H,8-11H2,1H3. The number of aromatic nitrogens is 2. The molecule has 3 heterocycles. The van der Waals surface area contributed by atoms with E-state index < -0.39 is 17.9 Å². The normalized spacial score (nSPS) is 18.1. The molecule has 2 aliphatic rings. The Morgan fingerprint density at radius 2 is 1.68 bits per heavy atom. The van der Waals surface area contributed by atoms with Crippen molar-refractivity contribution in [2.75, 3.05) is 36.4 Å². The van der Waals surface area contributed by atoms with Gasteiger partial charge in [-0.2, -0.15) is 18.3 Å². The Balaban J connectivity index is 1.47. The van der Waals surface area contributed by atoms with E-state index in [0.717, 1.165) is 16.4 Å². The van der Waals surface area contributed by atoms with Crippen molar-refractivity contribution in [3.8, 4) is 0 Å². The summed E-state index contributed by atoms with van der Waals surface area (Å²) in [6.45, 7) is 3.43. The number of carbonyl (C=O) groups excluding carboxylic acids is 1. The maximum Gasteiger partial charge on any atom is 0.435 e. The van der Waals surface area contributed by atoms with Crippen LogP contribution in [-0.2, 0) is 11.0 Å². The third-order valence-electron chi connectivity index (χ3n) is 6.51. The summed E-state index contributed by atoms with van der Waals surface area (Å²) < 4.78 is 55.0. The van der Waals surface area contributed by atoms with Crippen LogP contribution in [0, 0.1) is 5.82 Å². The lowest BCUT2D eigenvalue weighted by molar-refractivity contribution is -0.141. The van der Waals surface area contributed by atoms with E-state index in [1.54, 1.807) is 30.0 Å². The zero-order valence-corrected chi connectivity index (χ0v) is 21.0. The molecular formula is C25H21Cl2F4N5O. The number of anilines is 2. The molecule has 2 aliphatic heterocycles. The average molecular weight is 554 g/mol. The number of nitrogens with one attached hydrogen (secondary N) is 1. The zero-order valence-electron chi connectivity index (χ0n) is 19.5. The predicted molar refractivity (Wildman–Crippen MR) is 133 cm³/mol. The van der Waals surface area contributed by atoms with Gasteiger partial charge in [0.2, 0.25) is 0 Å². The van der Waals surface area contributed by atoms with E-state index in [4.69, 9.17) is 23.2 Å². The zero-order chi connectivity index (χ0) is 26.5. The van der Waals surface area contributed by atoms with Crippen LogP contribution in [0.1, 0.15) is 24.2 Å². The van der Waals surface area contributed by atoms with Crippen molar-refractivity contribution < 1.29 is 22.4 Å². The molecule has 194 valence electrons. The maximum atomic E-state index is 13.8. The smallest absolute Gasteiger partial charge is 0.368 e. The maximum absolute atomic E-state index is 13.8. The monoisotopic (exact) mass is 553 g/mol. The molecule has 1 aromatic heterocycles. The Morgan fingerprint density at radius 1 is 1.00 bits per heavy atom. The van der Waals surface area contributed by atoms with Gasteiger partial charge in [0, 0.05) is 43.6 Å². The van der Waals surface area contributed by atoms with Gasteiger partial charge in [0.15, 0.2) is 5.69 Å². The van der Waals surface area contributed by atoms with Crippen molar-refractivity contribution in [3.63, 3.8) is 0 Å². The number of piperazine rings is 1. The summed E-state index contributed by atoms with van der Waals surface area (Å²) in [5.74, 6) is -0.544. The molecule has 1 N–H and O–H groups in total. The van der Waals surface area contributed by atoms with Gasteiger partial charge in [-0.25, -0.2) is 9.07 Å². The molecule has 1 unspecified atom stereocenters. The van der Waals surface area contributed by atoms with Crippen LogP contribution < -0.4 is 10.2 Å². The Labute approximate surface area is 220 Å². The fraction of sp³-hybridized carbons (Fsp3) is 0.280. The first kappa shape index (κ1) is 25.4. The first-order valence-electron chi connectivity index (χ1n) is 11.4. The highest BCUT2D eigenvalue weighted by molar-refractivity contribution is 6.42. The van der Waals surface area contributed by atoms with Gasteiger partial charge in [-0.1, -0.05) is 29.3 Å². The topological polar surface area (TPSA) is 53.4 Å². The molecule has 12 heteroatoms. The number of hydrogen-bond acceptors (Lipinski definition) is 4. The number of alkyl halides is 3. The molecule has 1 fully saturated rings. The van der Waals surface area contributed by atoms with Crippen LogP contribution in [0.3, 0.4) is 0 Å². The highest BCUT2D eigenvalue weighted by Gasteiger charge is 2.40. The summed E-state index contributed by atoms with van der Waals surface area (Å²) in [5.41, 5.74) is 0.926. The van der Waals surface area contributed by atoms with Crippen molar-refractivity contribution in [1.82, 2.24) is 14.7 Å². The van der Waals surface area contributed by atoms with Crippen LogP contribution in [0.2, 0.25) is 10.0 Å². The third-order valence-corrected chi connectivity index (χ3v) is 7.25. The lowest BCUT2D eigenvalue weighted by atomic mass is 9.94. The lowest BCUT2D eigenvalue weighted by Gasteiger charge is -2.38. The fourth-order valence-corrected chi connectivity index (χ4v) is 4.97. The van der Waals surface area contributed by atoms with E-state index in [9.17, 15) is 22.4 Å². The number of hydrogen-bond donors (Lipinski definition) is 1. The quantitative estimate of drug-likeness (QED) is 0.405. The van der Waals surface area contributed by atoms with Crippen molar-refractivity contribution in [2.24, 2.45) is 0 Å². The second-order valence-electron chi connectivity index (χ2n) is 8.85. The molecule has 1 amide bonds. The van der Waals surface area contributed by atoms with Gasteiger partial charge in [-0.3, -0.25) is 4.79 Å². The summed E-state index contributed by atoms with van der Waals surface area (Å²) in [6, 6.07) is 10.8. The SMILES string of the molecule is CC1=C(C(=O)N2CCN(c3ccc(F)cc3)CC2)C(c2ccc(Cl)c(Cl)c2)n2nc(C(F)(F)F)cc2N1. The Bertz CT molecular complexity index is 1380. The van der Waals surface area contributed by atoms with Gasteiger partial charge in [-0.15, -0.1) is 0 Å². The van der Waals surface area contributed by atoms with Gasteiger partial charge in [0.1, 0.15) is 17.7 Å². The predicted octanol–water partition coefficient (Wildman–Crippen LogP) is 5.99. The number of benzene rings is 2. The highest BCUT2D eigenvalue weighted by Crippen LogP contribution is 2.41.